The molecule has 1 fully saturated rings. The van der Waals surface area contributed by atoms with Crippen LogP contribution in [0.1, 0.15) is 31.1 Å². The van der Waals surface area contributed by atoms with E-state index >= 15 is 0 Å². The van der Waals surface area contributed by atoms with Crippen molar-refractivity contribution in [2.45, 2.75) is 38.8 Å². The average molecular weight is 271 g/mol. The van der Waals surface area contributed by atoms with E-state index in [1.165, 1.54) is 35.3 Å². The van der Waals surface area contributed by atoms with Crippen molar-refractivity contribution in [1.29, 1.82) is 0 Å². The van der Waals surface area contributed by atoms with Crippen LogP contribution in [0, 0.1) is 5.92 Å². The number of hydrogen-bond donors (Lipinski definition) is 1. The zero-order chi connectivity index (χ0) is 13.1. The minimum absolute atomic E-state index is 0.724. The summed E-state index contributed by atoms with van der Waals surface area (Å²) in [4.78, 5) is 1.44. The van der Waals surface area contributed by atoms with Crippen molar-refractivity contribution in [3.63, 3.8) is 0 Å². The Bertz CT molecular complexity index is 517. The molecule has 2 aromatic rings. The highest BCUT2D eigenvalue weighted by Gasteiger charge is 2.22. The molecule has 1 aromatic heterocycles. The molecule has 2 unspecified atom stereocenters. The van der Waals surface area contributed by atoms with Crippen LogP contribution < -0.4 is 5.32 Å². The normalized spacial score (nSPS) is 22.8. The molecule has 1 nitrogen and oxygen atoms in total. The Labute approximate surface area is 119 Å². The summed E-state index contributed by atoms with van der Waals surface area (Å²) < 4.78 is 0. The number of rotatable bonds is 4. The maximum absolute atomic E-state index is 3.72. The Kier molecular flexibility index (Phi) is 4.00. The molecule has 1 N–H and O–H groups in total. The van der Waals surface area contributed by atoms with E-state index in [1.807, 2.05) is 11.3 Å². The van der Waals surface area contributed by atoms with Crippen molar-refractivity contribution in [2.75, 3.05) is 0 Å². The molecule has 0 aliphatic heterocycles. The molecule has 2 heteroatoms. The van der Waals surface area contributed by atoms with E-state index < -0.39 is 0 Å². The largest absolute Gasteiger partial charge is 0.309 e. The Morgan fingerprint density at radius 2 is 2.00 bits per heavy atom. The number of thiophene rings is 1. The summed E-state index contributed by atoms with van der Waals surface area (Å²) in [5.74, 6) is 0.841. The van der Waals surface area contributed by atoms with Crippen molar-refractivity contribution in [1.82, 2.24) is 5.32 Å². The molecule has 0 bridgehead atoms. The minimum Gasteiger partial charge on any atom is -0.309 e. The lowest BCUT2D eigenvalue weighted by Gasteiger charge is -2.16. The van der Waals surface area contributed by atoms with E-state index in [0.717, 1.165) is 18.5 Å². The van der Waals surface area contributed by atoms with Crippen molar-refractivity contribution >= 4 is 11.3 Å². The van der Waals surface area contributed by atoms with Gasteiger partial charge in [0.05, 0.1) is 0 Å². The van der Waals surface area contributed by atoms with Crippen LogP contribution in [-0.2, 0) is 6.54 Å². The molecule has 0 radical (unpaired) electrons. The first-order valence-electron chi connectivity index (χ1n) is 7.19. The van der Waals surface area contributed by atoms with Gasteiger partial charge in [0.25, 0.3) is 0 Å². The zero-order valence-corrected chi connectivity index (χ0v) is 12.2. The maximum atomic E-state index is 3.72. The lowest BCUT2D eigenvalue weighted by molar-refractivity contribution is 0.427. The monoisotopic (exact) mass is 271 g/mol. The van der Waals surface area contributed by atoms with Gasteiger partial charge < -0.3 is 5.32 Å². The predicted molar refractivity (Wildman–Crippen MR) is 83.4 cm³/mol. The third-order valence-corrected chi connectivity index (χ3v) is 5.10. The van der Waals surface area contributed by atoms with Gasteiger partial charge in [-0.3, -0.25) is 0 Å². The summed E-state index contributed by atoms with van der Waals surface area (Å²) in [7, 11) is 0. The van der Waals surface area contributed by atoms with Crippen LogP contribution in [0.15, 0.2) is 41.8 Å². The summed E-state index contributed by atoms with van der Waals surface area (Å²) in [5, 5.41) is 5.99. The van der Waals surface area contributed by atoms with Crippen molar-refractivity contribution in [3.05, 3.63) is 46.7 Å². The van der Waals surface area contributed by atoms with E-state index in [-0.39, 0.29) is 0 Å². The smallest absolute Gasteiger partial charge is 0.0302 e. The van der Waals surface area contributed by atoms with E-state index in [9.17, 15) is 0 Å². The molecule has 0 saturated heterocycles. The zero-order valence-electron chi connectivity index (χ0n) is 11.4. The molecule has 100 valence electrons. The summed E-state index contributed by atoms with van der Waals surface area (Å²) in [6.07, 6.45) is 4.12. The predicted octanol–water partition coefficient (Wildman–Crippen LogP) is 4.69. The molecule has 1 aliphatic rings. The van der Waals surface area contributed by atoms with E-state index in [0.29, 0.717) is 0 Å². The third-order valence-electron chi connectivity index (χ3n) is 4.16. The van der Waals surface area contributed by atoms with Gasteiger partial charge in [-0.25, -0.2) is 0 Å². The first-order valence-corrected chi connectivity index (χ1v) is 8.07. The summed E-state index contributed by atoms with van der Waals surface area (Å²) in [6.45, 7) is 3.39. The average Bonchev–Trinajstić information content (AvgIpc) is 3.06. The van der Waals surface area contributed by atoms with Gasteiger partial charge in [-0.15, -0.1) is 11.3 Å². The fourth-order valence-electron chi connectivity index (χ4n) is 2.94. The second kappa shape index (κ2) is 5.89. The van der Waals surface area contributed by atoms with E-state index in [4.69, 9.17) is 0 Å². The van der Waals surface area contributed by atoms with Gasteiger partial charge >= 0.3 is 0 Å². The Morgan fingerprint density at radius 3 is 2.74 bits per heavy atom. The molecule has 1 saturated carbocycles. The fraction of sp³-hybridized carbons (Fsp3) is 0.412. The Hall–Kier alpha value is -1.12. The lowest BCUT2D eigenvalue weighted by Crippen LogP contribution is -2.30. The summed E-state index contributed by atoms with van der Waals surface area (Å²) in [5.41, 5.74) is 2.67. The van der Waals surface area contributed by atoms with Crippen LogP contribution in [0.25, 0.3) is 11.1 Å². The molecule has 3 rings (SSSR count). The molecule has 0 spiro atoms. The highest BCUT2D eigenvalue weighted by atomic mass is 32.1. The molecule has 19 heavy (non-hydrogen) atoms. The van der Waals surface area contributed by atoms with E-state index in [2.05, 4.69) is 54.0 Å². The van der Waals surface area contributed by atoms with Crippen LogP contribution in [0.4, 0.5) is 0 Å². The molecule has 2 atom stereocenters. The fourth-order valence-corrected chi connectivity index (χ4v) is 3.78. The van der Waals surface area contributed by atoms with Crippen molar-refractivity contribution in [3.8, 4) is 11.1 Å². The Balaban J connectivity index is 1.62. The van der Waals surface area contributed by atoms with Gasteiger partial charge in [0, 0.05) is 17.5 Å². The molecular weight excluding hydrogens is 250 g/mol. The third kappa shape index (κ3) is 3.07. The second-order valence-electron chi connectivity index (χ2n) is 5.56. The molecule has 1 heterocycles. The molecular formula is C17H21NS. The van der Waals surface area contributed by atoms with Gasteiger partial charge in [-0.1, -0.05) is 43.7 Å². The first-order chi connectivity index (χ1) is 9.33. The van der Waals surface area contributed by atoms with Crippen LogP contribution in [-0.4, -0.2) is 6.04 Å². The standard InChI is InChI=1S/C17H21NS/c1-13-6-5-9-17(13)18-11-16-10-15(12-19-16)14-7-3-2-4-8-14/h2-4,7-8,10,12-13,17-18H,5-6,9,11H2,1H3. The van der Waals surface area contributed by atoms with Crippen LogP contribution in [0.5, 0.6) is 0 Å². The highest BCUT2D eigenvalue weighted by molar-refractivity contribution is 7.10. The number of benzene rings is 1. The topological polar surface area (TPSA) is 12.0 Å². The number of nitrogens with one attached hydrogen (secondary N) is 1. The molecule has 1 aliphatic carbocycles. The maximum Gasteiger partial charge on any atom is 0.0302 e. The molecule has 0 amide bonds. The summed E-state index contributed by atoms with van der Waals surface area (Å²) >= 11 is 1.87. The SMILES string of the molecule is CC1CCCC1NCc1cc(-c2ccccc2)cs1. The Morgan fingerprint density at radius 1 is 1.16 bits per heavy atom. The second-order valence-corrected chi connectivity index (χ2v) is 6.56. The van der Waals surface area contributed by atoms with Crippen LogP contribution in [0.3, 0.4) is 0 Å². The quantitative estimate of drug-likeness (QED) is 0.850. The number of hydrogen-bond acceptors (Lipinski definition) is 2. The van der Waals surface area contributed by atoms with Crippen molar-refractivity contribution in [2.24, 2.45) is 5.92 Å². The minimum atomic E-state index is 0.724. The van der Waals surface area contributed by atoms with Gasteiger partial charge in [-0.2, -0.15) is 0 Å². The van der Waals surface area contributed by atoms with E-state index in [1.54, 1.807) is 0 Å². The summed E-state index contributed by atoms with van der Waals surface area (Å²) in [6, 6.07) is 13.7. The van der Waals surface area contributed by atoms with Gasteiger partial charge in [0.1, 0.15) is 0 Å². The molecule has 1 aromatic carbocycles. The van der Waals surface area contributed by atoms with Gasteiger partial charge in [-0.05, 0) is 41.3 Å². The van der Waals surface area contributed by atoms with Gasteiger partial charge in [0.2, 0.25) is 0 Å². The van der Waals surface area contributed by atoms with Gasteiger partial charge in [0.15, 0.2) is 0 Å². The van der Waals surface area contributed by atoms with Crippen LogP contribution in [0.2, 0.25) is 0 Å². The first kappa shape index (κ1) is 12.9. The van der Waals surface area contributed by atoms with Crippen LogP contribution >= 0.6 is 11.3 Å². The van der Waals surface area contributed by atoms with Crippen molar-refractivity contribution < 1.29 is 0 Å². The lowest BCUT2D eigenvalue weighted by atomic mass is 10.1. The highest BCUT2D eigenvalue weighted by Crippen LogP contribution is 2.27.